The minimum Gasteiger partial charge on any atom is -0.135 e. The van der Waals surface area contributed by atoms with E-state index in [4.69, 9.17) is 0 Å². The first-order chi connectivity index (χ1) is 16.8. The van der Waals surface area contributed by atoms with Gasteiger partial charge in [0.1, 0.15) is 0 Å². The Kier molecular flexibility index (Phi) is 7.11. The summed E-state index contributed by atoms with van der Waals surface area (Å²) in [4.78, 5) is 0. The molecule has 4 aromatic carbocycles. The summed E-state index contributed by atoms with van der Waals surface area (Å²) in [6, 6.07) is 38.2. The van der Waals surface area contributed by atoms with Crippen LogP contribution in [-0.2, 0) is 11.8 Å². The molecule has 172 valence electrons. The zero-order valence-electron chi connectivity index (χ0n) is 20.2. The lowest BCUT2D eigenvalue weighted by atomic mass is 9.68. The number of rotatable bonds is 10. The van der Waals surface area contributed by atoms with Gasteiger partial charge in [-0.15, -0.1) is 11.3 Å². The predicted octanol–water partition coefficient (Wildman–Crippen LogP) is 9.94. The largest absolute Gasteiger partial charge is 0.135 e. The van der Waals surface area contributed by atoms with Crippen LogP contribution in [0.5, 0.6) is 0 Å². The fourth-order valence-electron chi connectivity index (χ4n) is 5.61. The van der Waals surface area contributed by atoms with Gasteiger partial charge >= 0.3 is 0 Å². The second kappa shape index (κ2) is 10.6. The summed E-state index contributed by atoms with van der Waals surface area (Å²) in [7, 11) is 0. The smallest absolute Gasteiger partial charge is 0.0387 e. The van der Waals surface area contributed by atoms with Gasteiger partial charge in [0.05, 0.1) is 0 Å². The summed E-state index contributed by atoms with van der Waals surface area (Å²) < 4.78 is 2.88. The fourth-order valence-corrected chi connectivity index (χ4v) is 6.85. The Morgan fingerprint density at radius 3 is 1.91 bits per heavy atom. The summed E-state index contributed by atoms with van der Waals surface area (Å²) >= 11 is 1.96. The molecule has 0 N–H and O–H groups in total. The molecular formula is C33H34S. The molecule has 0 atom stereocenters. The molecule has 0 nitrogen and oxygen atoms in total. The molecule has 0 spiro atoms. The summed E-state index contributed by atoms with van der Waals surface area (Å²) in [6.07, 6.45) is 8.50. The number of thiophene rings is 1. The molecule has 1 heteroatoms. The van der Waals surface area contributed by atoms with Crippen LogP contribution >= 0.6 is 11.3 Å². The number of aryl methyl sites for hydroxylation is 1. The van der Waals surface area contributed by atoms with E-state index in [1.165, 1.54) is 75.4 Å². The summed E-state index contributed by atoms with van der Waals surface area (Å²) in [5.41, 5.74) is 4.56. The van der Waals surface area contributed by atoms with Crippen molar-refractivity contribution in [3.05, 3.63) is 120 Å². The van der Waals surface area contributed by atoms with Gasteiger partial charge in [0, 0.05) is 25.6 Å². The second-order valence-corrected chi connectivity index (χ2v) is 10.6. The van der Waals surface area contributed by atoms with Gasteiger partial charge in [-0.25, -0.2) is 0 Å². The van der Waals surface area contributed by atoms with Crippen molar-refractivity contribution in [1.29, 1.82) is 0 Å². The molecule has 0 unspecified atom stereocenters. The van der Waals surface area contributed by atoms with E-state index in [0.29, 0.717) is 0 Å². The Balaban J connectivity index is 1.39. The maximum atomic E-state index is 2.35. The maximum absolute atomic E-state index is 2.35. The number of fused-ring (bicyclic) bond motifs is 3. The molecule has 0 aliphatic carbocycles. The first-order valence-electron chi connectivity index (χ1n) is 12.8. The lowest BCUT2D eigenvalue weighted by Crippen LogP contribution is -2.28. The molecule has 34 heavy (non-hydrogen) atoms. The van der Waals surface area contributed by atoms with Crippen LogP contribution < -0.4 is 0 Å². The van der Waals surface area contributed by atoms with Crippen LogP contribution in [0.25, 0.3) is 20.2 Å². The van der Waals surface area contributed by atoms with Crippen molar-refractivity contribution in [3.8, 4) is 0 Å². The van der Waals surface area contributed by atoms with Crippen molar-refractivity contribution in [2.75, 3.05) is 0 Å². The highest BCUT2D eigenvalue weighted by atomic mass is 32.1. The fraction of sp³-hybridized carbons (Fsp3) is 0.273. The summed E-state index contributed by atoms with van der Waals surface area (Å²) in [5.74, 6) is 0. The highest BCUT2D eigenvalue weighted by Crippen LogP contribution is 2.42. The number of benzene rings is 4. The van der Waals surface area contributed by atoms with E-state index in [-0.39, 0.29) is 5.41 Å². The molecule has 0 saturated heterocycles. The van der Waals surface area contributed by atoms with Crippen molar-refractivity contribution in [2.24, 2.45) is 0 Å². The second-order valence-electron chi connectivity index (χ2n) is 9.52. The van der Waals surface area contributed by atoms with Gasteiger partial charge in [-0.3, -0.25) is 0 Å². The van der Waals surface area contributed by atoms with Gasteiger partial charge < -0.3 is 0 Å². The third kappa shape index (κ3) is 4.55. The predicted molar refractivity (Wildman–Crippen MR) is 150 cm³/mol. The monoisotopic (exact) mass is 462 g/mol. The summed E-state index contributed by atoms with van der Waals surface area (Å²) in [5, 5.41) is 2.82. The van der Waals surface area contributed by atoms with Gasteiger partial charge in [0.25, 0.3) is 0 Å². The normalized spacial score (nSPS) is 11.9. The Hall–Kier alpha value is -2.90. The lowest BCUT2D eigenvalue weighted by molar-refractivity contribution is 0.402. The molecule has 0 radical (unpaired) electrons. The third-order valence-corrected chi connectivity index (χ3v) is 8.66. The molecule has 5 rings (SSSR count). The van der Waals surface area contributed by atoms with Crippen LogP contribution in [0.4, 0.5) is 0 Å². The molecule has 0 saturated carbocycles. The highest BCUT2D eigenvalue weighted by molar-refractivity contribution is 7.26. The Bertz CT molecular complexity index is 1290. The standard InChI is InChI=1S/C33H34S/c1-2-3-24-33(27-17-6-4-7-18-27,28-19-8-5-9-20-28)25-13-12-15-26-16-14-22-30-29-21-10-11-23-31(29)34-32(26)30/h4-11,14,16-23H,2-3,12-13,15,24-25H2,1H3. The molecule has 5 aromatic rings. The van der Waals surface area contributed by atoms with Gasteiger partial charge in [-0.2, -0.15) is 0 Å². The quantitative estimate of drug-likeness (QED) is 0.181. The Morgan fingerprint density at radius 2 is 1.21 bits per heavy atom. The molecule has 1 aromatic heterocycles. The van der Waals surface area contributed by atoms with Crippen LogP contribution in [0.15, 0.2) is 103 Å². The van der Waals surface area contributed by atoms with Crippen LogP contribution in [0.1, 0.15) is 62.1 Å². The van der Waals surface area contributed by atoms with E-state index in [2.05, 4.69) is 110 Å². The molecule has 1 heterocycles. The van der Waals surface area contributed by atoms with Crippen LogP contribution in [0.3, 0.4) is 0 Å². The maximum Gasteiger partial charge on any atom is 0.0387 e. The van der Waals surface area contributed by atoms with Gasteiger partial charge in [0.15, 0.2) is 0 Å². The van der Waals surface area contributed by atoms with Gasteiger partial charge in [0.2, 0.25) is 0 Å². The van der Waals surface area contributed by atoms with Crippen molar-refractivity contribution >= 4 is 31.5 Å². The first-order valence-corrected chi connectivity index (χ1v) is 13.6. The van der Waals surface area contributed by atoms with Gasteiger partial charge in [-0.1, -0.05) is 123 Å². The minimum atomic E-state index is 0.0994. The zero-order chi connectivity index (χ0) is 23.2. The van der Waals surface area contributed by atoms with Crippen molar-refractivity contribution in [3.63, 3.8) is 0 Å². The van der Waals surface area contributed by atoms with E-state index in [1.54, 1.807) is 0 Å². The van der Waals surface area contributed by atoms with Crippen LogP contribution in [0, 0.1) is 0 Å². The molecule has 0 aliphatic rings. The SMILES string of the molecule is CCCCC(CCCCc1cccc2c1sc1ccccc12)(c1ccccc1)c1ccccc1. The number of unbranched alkanes of at least 4 members (excludes halogenated alkanes) is 2. The molecule has 0 fully saturated rings. The molecule has 0 amide bonds. The van der Waals surface area contributed by atoms with Crippen molar-refractivity contribution in [1.82, 2.24) is 0 Å². The van der Waals surface area contributed by atoms with Crippen LogP contribution in [-0.4, -0.2) is 0 Å². The minimum absolute atomic E-state index is 0.0994. The van der Waals surface area contributed by atoms with Crippen LogP contribution in [0.2, 0.25) is 0 Å². The van der Waals surface area contributed by atoms with E-state index in [0.717, 1.165) is 6.42 Å². The summed E-state index contributed by atoms with van der Waals surface area (Å²) in [6.45, 7) is 2.31. The first kappa shape index (κ1) is 22.9. The number of hydrogen-bond donors (Lipinski definition) is 0. The highest BCUT2D eigenvalue weighted by Gasteiger charge is 2.32. The topological polar surface area (TPSA) is 0 Å². The molecule has 0 bridgehead atoms. The van der Waals surface area contributed by atoms with E-state index in [9.17, 15) is 0 Å². The van der Waals surface area contributed by atoms with E-state index < -0.39 is 0 Å². The molecule has 0 aliphatic heterocycles. The average molecular weight is 463 g/mol. The average Bonchev–Trinajstić information content (AvgIpc) is 3.29. The van der Waals surface area contributed by atoms with E-state index in [1.807, 2.05) is 11.3 Å². The number of hydrogen-bond acceptors (Lipinski definition) is 1. The van der Waals surface area contributed by atoms with Gasteiger partial charge in [-0.05, 0) is 48.4 Å². The lowest BCUT2D eigenvalue weighted by Gasteiger charge is -2.36. The molecular weight excluding hydrogens is 428 g/mol. The van der Waals surface area contributed by atoms with Crippen molar-refractivity contribution < 1.29 is 0 Å². The Labute approximate surface area is 208 Å². The zero-order valence-corrected chi connectivity index (χ0v) is 21.0. The third-order valence-electron chi connectivity index (χ3n) is 7.40. The van der Waals surface area contributed by atoms with E-state index >= 15 is 0 Å². The Morgan fingerprint density at radius 1 is 0.588 bits per heavy atom. The van der Waals surface area contributed by atoms with Crippen molar-refractivity contribution in [2.45, 2.75) is 57.3 Å².